The Kier molecular flexibility index (Phi) is 7.09. The van der Waals surface area contributed by atoms with E-state index >= 15 is 0 Å². The van der Waals surface area contributed by atoms with Gasteiger partial charge in [-0.15, -0.1) is 0 Å². The molecule has 1 aliphatic heterocycles. The summed E-state index contributed by atoms with van der Waals surface area (Å²) in [6.45, 7) is 9.93. The lowest BCUT2D eigenvalue weighted by Gasteiger charge is -2.35. The van der Waals surface area contributed by atoms with Gasteiger partial charge in [0.05, 0.1) is 12.4 Å². The van der Waals surface area contributed by atoms with Crippen molar-refractivity contribution < 1.29 is 28.9 Å². The number of carbonyl (C=O) groups excluding carboxylic acids is 2. The van der Waals surface area contributed by atoms with Crippen molar-refractivity contribution in [1.82, 2.24) is 0 Å². The Morgan fingerprint density at radius 1 is 1.19 bits per heavy atom. The lowest BCUT2D eigenvalue weighted by atomic mass is 9.83. The Balaban J connectivity index is 2.04. The third kappa shape index (κ3) is 5.22. The summed E-state index contributed by atoms with van der Waals surface area (Å²) in [6.07, 6.45) is 1.61. The molecule has 0 aromatic carbocycles. The molecule has 1 aliphatic carbocycles. The van der Waals surface area contributed by atoms with Crippen LogP contribution in [-0.4, -0.2) is 36.0 Å². The molecule has 0 radical (unpaired) electrons. The molecule has 1 fully saturated rings. The van der Waals surface area contributed by atoms with Crippen LogP contribution in [0.3, 0.4) is 0 Å². The Morgan fingerprint density at radius 2 is 1.81 bits per heavy atom. The van der Waals surface area contributed by atoms with Gasteiger partial charge in [0.25, 0.3) is 0 Å². The topological polar surface area (TPSA) is 82.1 Å². The van der Waals surface area contributed by atoms with E-state index in [1.165, 1.54) is 0 Å². The molecule has 6 nitrogen and oxygen atoms in total. The zero-order chi connectivity index (χ0) is 19.4. The second kappa shape index (κ2) is 8.89. The van der Waals surface area contributed by atoms with E-state index in [2.05, 4.69) is 0 Å². The molecular formula is C20H32O6. The third-order valence-corrected chi connectivity index (χ3v) is 5.12. The first-order chi connectivity index (χ1) is 12.2. The minimum absolute atomic E-state index is 0.0163. The third-order valence-electron chi connectivity index (χ3n) is 5.12. The fourth-order valence-corrected chi connectivity index (χ4v) is 3.74. The summed E-state index contributed by atoms with van der Waals surface area (Å²) in [4.78, 5) is 23.9. The molecule has 0 aromatic rings. The van der Waals surface area contributed by atoms with Gasteiger partial charge in [-0.2, -0.15) is 0 Å². The summed E-state index contributed by atoms with van der Waals surface area (Å²) in [5.74, 6) is -0.300. The van der Waals surface area contributed by atoms with Crippen LogP contribution in [0.1, 0.15) is 53.9 Å². The standard InChI is InChI=1S/C20H32O6/c1-11(2)6-17(22)24-9-14-10-25-20(26-18(23)7-12(3)4)19-13(5)16(21)8-15(14)19/h10-13,15-16,19-21H,6-9H2,1-5H3. The maximum Gasteiger partial charge on any atom is 0.309 e. The number of fused-ring (bicyclic) bond motifs is 1. The van der Waals surface area contributed by atoms with Crippen molar-refractivity contribution in [2.75, 3.05) is 6.61 Å². The number of aliphatic hydroxyl groups is 1. The number of esters is 2. The van der Waals surface area contributed by atoms with Crippen LogP contribution in [0.5, 0.6) is 0 Å². The highest BCUT2D eigenvalue weighted by molar-refractivity contribution is 5.70. The number of hydrogen-bond donors (Lipinski definition) is 1. The number of carbonyl (C=O) groups is 2. The Bertz CT molecular complexity index is 538. The van der Waals surface area contributed by atoms with Crippen LogP contribution >= 0.6 is 0 Å². The fraction of sp³-hybridized carbons (Fsp3) is 0.800. The van der Waals surface area contributed by atoms with Gasteiger partial charge >= 0.3 is 11.9 Å². The molecule has 148 valence electrons. The number of rotatable bonds is 7. The van der Waals surface area contributed by atoms with Gasteiger partial charge in [0.1, 0.15) is 6.61 Å². The van der Waals surface area contributed by atoms with Crippen molar-refractivity contribution in [2.45, 2.75) is 66.3 Å². The molecule has 0 aromatic heterocycles. The first-order valence-electron chi connectivity index (χ1n) is 9.56. The Labute approximate surface area is 155 Å². The molecule has 2 aliphatic rings. The molecule has 26 heavy (non-hydrogen) atoms. The zero-order valence-electron chi connectivity index (χ0n) is 16.4. The smallest absolute Gasteiger partial charge is 0.309 e. The maximum absolute atomic E-state index is 12.0. The predicted octanol–water partition coefficient (Wildman–Crippen LogP) is 3.04. The van der Waals surface area contributed by atoms with Gasteiger partial charge < -0.3 is 19.3 Å². The molecule has 1 saturated carbocycles. The van der Waals surface area contributed by atoms with Crippen molar-refractivity contribution >= 4 is 11.9 Å². The summed E-state index contributed by atoms with van der Waals surface area (Å²) in [5.41, 5.74) is 0.840. The van der Waals surface area contributed by atoms with Crippen molar-refractivity contribution in [3.8, 4) is 0 Å². The molecule has 2 rings (SSSR count). The molecule has 0 saturated heterocycles. The lowest BCUT2D eigenvalue weighted by molar-refractivity contribution is -0.189. The summed E-state index contributed by atoms with van der Waals surface area (Å²) in [6, 6.07) is 0. The van der Waals surface area contributed by atoms with E-state index in [1.807, 2.05) is 34.6 Å². The Hall–Kier alpha value is -1.56. The second-order valence-electron chi connectivity index (χ2n) is 8.39. The van der Waals surface area contributed by atoms with Crippen LogP contribution in [0, 0.1) is 29.6 Å². The van der Waals surface area contributed by atoms with Crippen molar-refractivity contribution in [3.05, 3.63) is 11.8 Å². The molecule has 1 heterocycles. The average molecular weight is 368 g/mol. The largest absolute Gasteiger partial charge is 0.462 e. The highest BCUT2D eigenvalue weighted by atomic mass is 16.7. The van der Waals surface area contributed by atoms with E-state index in [-0.39, 0.29) is 48.1 Å². The minimum Gasteiger partial charge on any atom is -0.462 e. The Morgan fingerprint density at radius 3 is 2.42 bits per heavy atom. The number of hydrogen-bond acceptors (Lipinski definition) is 6. The summed E-state index contributed by atoms with van der Waals surface area (Å²) >= 11 is 0. The van der Waals surface area contributed by atoms with Crippen LogP contribution < -0.4 is 0 Å². The van der Waals surface area contributed by atoms with Crippen LogP contribution in [0.25, 0.3) is 0 Å². The molecular weight excluding hydrogens is 336 g/mol. The van der Waals surface area contributed by atoms with E-state index in [1.54, 1.807) is 6.26 Å². The van der Waals surface area contributed by atoms with E-state index < -0.39 is 12.4 Å². The van der Waals surface area contributed by atoms with E-state index in [0.717, 1.165) is 5.57 Å². The first-order valence-corrected chi connectivity index (χ1v) is 9.56. The molecule has 6 heteroatoms. The molecule has 0 spiro atoms. The van der Waals surface area contributed by atoms with E-state index in [4.69, 9.17) is 14.2 Å². The van der Waals surface area contributed by atoms with Gasteiger partial charge in [0, 0.05) is 24.3 Å². The predicted molar refractivity (Wildman–Crippen MR) is 95.7 cm³/mol. The number of aliphatic hydroxyl groups excluding tert-OH is 1. The summed E-state index contributed by atoms with van der Waals surface area (Å²) in [5, 5.41) is 10.3. The zero-order valence-corrected chi connectivity index (χ0v) is 16.4. The summed E-state index contributed by atoms with van der Waals surface area (Å²) < 4.78 is 16.6. The van der Waals surface area contributed by atoms with Crippen molar-refractivity contribution in [3.63, 3.8) is 0 Å². The maximum atomic E-state index is 12.0. The highest BCUT2D eigenvalue weighted by Crippen LogP contribution is 2.46. The van der Waals surface area contributed by atoms with Gasteiger partial charge in [-0.05, 0) is 30.1 Å². The van der Waals surface area contributed by atoms with Crippen LogP contribution in [0.2, 0.25) is 0 Å². The second-order valence-corrected chi connectivity index (χ2v) is 8.39. The lowest BCUT2D eigenvalue weighted by Crippen LogP contribution is -2.39. The molecule has 0 amide bonds. The monoisotopic (exact) mass is 368 g/mol. The normalized spacial score (nSPS) is 30.6. The van der Waals surface area contributed by atoms with Gasteiger partial charge in [0.2, 0.25) is 6.29 Å². The molecule has 1 N–H and O–H groups in total. The van der Waals surface area contributed by atoms with E-state index in [0.29, 0.717) is 19.3 Å². The fourth-order valence-electron chi connectivity index (χ4n) is 3.74. The van der Waals surface area contributed by atoms with Crippen LogP contribution in [0.15, 0.2) is 11.8 Å². The van der Waals surface area contributed by atoms with Crippen molar-refractivity contribution in [2.24, 2.45) is 29.6 Å². The van der Waals surface area contributed by atoms with Gasteiger partial charge in [-0.1, -0.05) is 34.6 Å². The molecule has 5 atom stereocenters. The van der Waals surface area contributed by atoms with Gasteiger partial charge in [-0.3, -0.25) is 9.59 Å². The van der Waals surface area contributed by atoms with E-state index in [9.17, 15) is 14.7 Å². The summed E-state index contributed by atoms with van der Waals surface area (Å²) in [7, 11) is 0. The first kappa shape index (κ1) is 20.7. The average Bonchev–Trinajstić information content (AvgIpc) is 2.81. The highest BCUT2D eigenvalue weighted by Gasteiger charge is 2.50. The minimum atomic E-state index is -0.700. The SMILES string of the molecule is CC(C)CC(=O)OCC1=COC(OC(=O)CC(C)C)C2C1CC(O)C2C. The van der Waals surface area contributed by atoms with Gasteiger partial charge in [-0.25, -0.2) is 0 Å². The van der Waals surface area contributed by atoms with Crippen molar-refractivity contribution in [1.29, 1.82) is 0 Å². The quantitative estimate of drug-likeness (QED) is 0.696. The molecule has 5 unspecified atom stereocenters. The van der Waals surface area contributed by atoms with Gasteiger partial charge in [0.15, 0.2) is 0 Å². The van der Waals surface area contributed by atoms with Crippen LogP contribution in [-0.2, 0) is 23.8 Å². The number of ether oxygens (including phenoxy) is 3. The van der Waals surface area contributed by atoms with Crippen LogP contribution in [0.4, 0.5) is 0 Å². The molecule has 0 bridgehead atoms.